The summed E-state index contributed by atoms with van der Waals surface area (Å²) in [6.45, 7) is 9.46. The molecule has 2 aromatic carbocycles. The molecule has 0 saturated heterocycles. The molecule has 0 radical (unpaired) electrons. The molecule has 0 bridgehead atoms. The first kappa shape index (κ1) is 22.2. The second-order valence-corrected chi connectivity index (χ2v) is 8.63. The second kappa shape index (κ2) is 7.72. The first-order valence-electron chi connectivity index (χ1n) is 9.01. The van der Waals surface area contributed by atoms with Crippen molar-refractivity contribution in [3.63, 3.8) is 0 Å². The van der Waals surface area contributed by atoms with E-state index in [-0.39, 0.29) is 17.6 Å². The van der Waals surface area contributed by atoms with Crippen LogP contribution in [0.4, 0.5) is 22.0 Å². The standard InChI is InChI=1S/C22H25F5O/c1-20(2,3)14-9-18(24)13-19(12-14)28-7-6-21(4,5)15-8-16(22(25,26)27)11-17(23)10-15/h8-13H,6-7H2,1-5H3. The van der Waals surface area contributed by atoms with Crippen molar-refractivity contribution in [1.82, 2.24) is 0 Å². The van der Waals surface area contributed by atoms with Crippen LogP contribution in [0.2, 0.25) is 0 Å². The van der Waals surface area contributed by atoms with Crippen LogP contribution in [0.5, 0.6) is 5.75 Å². The summed E-state index contributed by atoms with van der Waals surface area (Å²) in [4.78, 5) is 0. The van der Waals surface area contributed by atoms with Gasteiger partial charge in [-0.3, -0.25) is 0 Å². The van der Waals surface area contributed by atoms with Crippen LogP contribution in [-0.2, 0) is 17.0 Å². The molecular weight excluding hydrogens is 375 g/mol. The number of hydrogen-bond donors (Lipinski definition) is 0. The largest absolute Gasteiger partial charge is 0.493 e. The minimum absolute atomic E-state index is 0.151. The van der Waals surface area contributed by atoms with Gasteiger partial charge in [-0.15, -0.1) is 0 Å². The molecule has 0 heterocycles. The van der Waals surface area contributed by atoms with Gasteiger partial charge in [0, 0.05) is 6.07 Å². The van der Waals surface area contributed by atoms with E-state index in [1.165, 1.54) is 12.1 Å². The minimum Gasteiger partial charge on any atom is -0.493 e. The summed E-state index contributed by atoms with van der Waals surface area (Å²) in [5, 5.41) is 0. The molecule has 28 heavy (non-hydrogen) atoms. The summed E-state index contributed by atoms with van der Waals surface area (Å²) in [7, 11) is 0. The molecule has 154 valence electrons. The van der Waals surface area contributed by atoms with E-state index < -0.39 is 28.8 Å². The third-order valence-corrected chi connectivity index (χ3v) is 4.74. The Morgan fingerprint density at radius 3 is 1.82 bits per heavy atom. The molecule has 0 aliphatic heterocycles. The van der Waals surface area contributed by atoms with Gasteiger partial charge >= 0.3 is 6.18 Å². The number of ether oxygens (including phenoxy) is 1. The Morgan fingerprint density at radius 1 is 0.714 bits per heavy atom. The molecule has 0 N–H and O–H groups in total. The van der Waals surface area contributed by atoms with Gasteiger partial charge in [-0.1, -0.05) is 34.6 Å². The second-order valence-electron chi connectivity index (χ2n) is 8.63. The van der Waals surface area contributed by atoms with Crippen LogP contribution in [0.15, 0.2) is 36.4 Å². The summed E-state index contributed by atoms with van der Waals surface area (Å²) in [5.74, 6) is -0.989. The highest BCUT2D eigenvalue weighted by Crippen LogP contribution is 2.35. The molecule has 0 saturated carbocycles. The SMILES string of the molecule is CC(C)(C)c1cc(F)cc(OCCC(C)(C)c2cc(F)cc(C(F)(F)F)c2)c1. The van der Waals surface area contributed by atoms with Crippen molar-refractivity contribution in [2.75, 3.05) is 6.61 Å². The summed E-state index contributed by atoms with van der Waals surface area (Å²) in [6, 6.07) is 7.02. The van der Waals surface area contributed by atoms with E-state index in [0.717, 1.165) is 17.7 Å². The molecule has 0 atom stereocenters. The highest BCUT2D eigenvalue weighted by Gasteiger charge is 2.33. The predicted molar refractivity (Wildman–Crippen MR) is 99.6 cm³/mol. The van der Waals surface area contributed by atoms with Crippen molar-refractivity contribution < 1.29 is 26.7 Å². The minimum atomic E-state index is -4.62. The van der Waals surface area contributed by atoms with Crippen LogP contribution in [0.1, 0.15) is 57.7 Å². The van der Waals surface area contributed by atoms with E-state index in [1.807, 2.05) is 20.8 Å². The Bertz CT molecular complexity index is 832. The van der Waals surface area contributed by atoms with Crippen molar-refractivity contribution in [2.24, 2.45) is 0 Å². The van der Waals surface area contributed by atoms with E-state index in [0.29, 0.717) is 18.2 Å². The Hall–Kier alpha value is -2.11. The average Bonchev–Trinajstić information content (AvgIpc) is 2.52. The van der Waals surface area contributed by atoms with E-state index in [1.54, 1.807) is 19.9 Å². The molecule has 0 aliphatic carbocycles. The highest BCUT2D eigenvalue weighted by molar-refractivity contribution is 5.34. The van der Waals surface area contributed by atoms with E-state index >= 15 is 0 Å². The van der Waals surface area contributed by atoms with Gasteiger partial charge in [0.15, 0.2) is 0 Å². The molecule has 0 amide bonds. The van der Waals surface area contributed by atoms with Crippen LogP contribution in [0, 0.1) is 11.6 Å². The quantitative estimate of drug-likeness (QED) is 0.490. The number of alkyl halides is 3. The average molecular weight is 400 g/mol. The molecular formula is C22H25F5O. The van der Waals surface area contributed by atoms with Crippen molar-refractivity contribution in [2.45, 2.75) is 58.0 Å². The summed E-state index contributed by atoms with van der Waals surface area (Å²) >= 11 is 0. The van der Waals surface area contributed by atoms with Crippen LogP contribution in [0.3, 0.4) is 0 Å². The molecule has 0 unspecified atom stereocenters. The molecule has 2 aromatic rings. The third-order valence-electron chi connectivity index (χ3n) is 4.74. The Morgan fingerprint density at radius 2 is 1.25 bits per heavy atom. The summed E-state index contributed by atoms with van der Waals surface area (Å²) in [5.41, 5.74) is -1.02. The van der Waals surface area contributed by atoms with E-state index in [2.05, 4.69) is 0 Å². The molecule has 0 fully saturated rings. The number of halogens is 5. The highest BCUT2D eigenvalue weighted by atomic mass is 19.4. The first-order valence-corrected chi connectivity index (χ1v) is 9.01. The van der Waals surface area contributed by atoms with Crippen molar-refractivity contribution in [3.05, 3.63) is 64.7 Å². The third kappa shape index (κ3) is 5.69. The fourth-order valence-corrected chi connectivity index (χ4v) is 2.79. The lowest BCUT2D eigenvalue weighted by atomic mass is 9.81. The van der Waals surface area contributed by atoms with Gasteiger partial charge in [-0.2, -0.15) is 13.2 Å². The Kier molecular flexibility index (Phi) is 6.12. The summed E-state index contributed by atoms with van der Waals surface area (Å²) in [6.07, 6.45) is -4.29. The normalized spacial score (nSPS) is 12.9. The maximum Gasteiger partial charge on any atom is 0.416 e. The van der Waals surface area contributed by atoms with Crippen LogP contribution in [-0.4, -0.2) is 6.61 Å². The van der Waals surface area contributed by atoms with Crippen LogP contribution in [0.25, 0.3) is 0 Å². The zero-order chi connectivity index (χ0) is 21.3. The van der Waals surface area contributed by atoms with Gasteiger partial charge in [-0.25, -0.2) is 8.78 Å². The van der Waals surface area contributed by atoms with Gasteiger partial charge < -0.3 is 4.74 Å². The molecule has 0 aliphatic rings. The Labute approximate surface area is 162 Å². The lowest BCUT2D eigenvalue weighted by Gasteiger charge is -2.26. The lowest BCUT2D eigenvalue weighted by Crippen LogP contribution is -2.22. The van der Waals surface area contributed by atoms with Gasteiger partial charge in [0.05, 0.1) is 12.2 Å². The molecule has 0 spiro atoms. The van der Waals surface area contributed by atoms with Gasteiger partial charge in [-0.05, 0) is 58.7 Å². The molecule has 1 nitrogen and oxygen atoms in total. The number of benzene rings is 2. The topological polar surface area (TPSA) is 9.23 Å². The van der Waals surface area contributed by atoms with Crippen LogP contribution >= 0.6 is 0 Å². The van der Waals surface area contributed by atoms with Gasteiger partial charge in [0.25, 0.3) is 0 Å². The number of hydrogen-bond acceptors (Lipinski definition) is 1. The fourth-order valence-electron chi connectivity index (χ4n) is 2.79. The van der Waals surface area contributed by atoms with Gasteiger partial charge in [0.2, 0.25) is 0 Å². The summed E-state index contributed by atoms with van der Waals surface area (Å²) < 4.78 is 72.1. The maximum atomic E-state index is 13.9. The van der Waals surface area contributed by atoms with Crippen molar-refractivity contribution in [3.8, 4) is 5.75 Å². The molecule has 6 heteroatoms. The first-order chi connectivity index (χ1) is 12.7. The van der Waals surface area contributed by atoms with E-state index in [9.17, 15) is 22.0 Å². The van der Waals surface area contributed by atoms with Crippen molar-refractivity contribution >= 4 is 0 Å². The van der Waals surface area contributed by atoms with Gasteiger partial charge in [0.1, 0.15) is 17.4 Å². The predicted octanol–water partition coefficient (Wildman–Crippen LogP) is 7.03. The zero-order valence-corrected chi connectivity index (χ0v) is 16.7. The van der Waals surface area contributed by atoms with Crippen molar-refractivity contribution in [1.29, 1.82) is 0 Å². The molecule has 0 aromatic heterocycles. The fraction of sp³-hybridized carbons (Fsp3) is 0.455. The molecule has 2 rings (SSSR count). The number of rotatable bonds is 5. The van der Waals surface area contributed by atoms with Crippen LogP contribution < -0.4 is 4.74 Å². The van der Waals surface area contributed by atoms with E-state index in [4.69, 9.17) is 4.74 Å². The zero-order valence-electron chi connectivity index (χ0n) is 16.7. The lowest BCUT2D eigenvalue weighted by molar-refractivity contribution is -0.137. The smallest absolute Gasteiger partial charge is 0.416 e. The Balaban J connectivity index is 2.15. The monoisotopic (exact) mass is 400 g/mol. The maximum absolute atomic E-state index is 13.9.